The molecule has 4 rings (SSSR count). The molecule has 2 aliphatic heterocycles. The number of carbonyl (C=O) groups excluding carboxylic acids is 2. The Kier molecular flexibility index (Phi) is 8.37. The van der Waals surface area contributed by atoms with E-state index >= 15 is 0 Å². The predicted molar refractivity (Wildman–Crippen MR) is 139 cm³/mol. The Balaban J connectivity index is 1.26. The van der Waals surface area contributed by atoms with Crippen molar-refractivity contribution in [3.63, 3.8) is 0 Å². The Hall–Kier alpha value is -2.66. The molecule has 2 amide bonds. The molecule has 3 aliphatic rings. The standard InChI is InChI=1S/C28H40N2O8/c1-18(2)5-11-22-26(3,38-22)28(34)24(35-4)21(13-14-27(28)17-36-27)37-25(33)30-16-15-29-23(32)12-8-19-6-9-20(31)10-7-19/h5-7,9-10,21-22,24,31,34H,8,11-17H2,1-4H3,(H,29,32)(H,30,33)/t21-,22-,24-,26-,27+,28+/m1/s1. The molecule has 0 aromatic heterocycles. The molecule has 1 spiro atoms. The van der Waals surface area contributed by atoms with E-state index in [0.717, 1.165) is 5.56 Å². The molecule has 10 nitrogen and oxygen atoms in total. The number of allylic oxidation sites excluding steroid dienone is 1. The normalized spacial score (nSPS) is 33.3. The van der Waals surface area contributed by atoms with Gasteiger partial charge in [-0.2, -0.15) is 0 Å². The van der Waals surface area contributed by atoms with E-state index in [1.165, 1.54) is 12.7 Å². The van der Waals surface area contributed by atoms with E-state index < -0.39 is 35.1 Å². The van der Waals surface area contributed by atoms with E-state index in [-0.39, 0.29) is 30.9 Å². The van der Waals surface area contributed by atoms with Crippen LogP contribution in [0, 0.1) is 0 Å². The monoisotopic (exact) mass is 532 g/mol. The lowest BCUT2D eigenvalue weighted by Crippen LogP contribution is -2.70. The van der Waals surface area contributed by atoms with Crippen molar-refractivity contribution in [2.45, 2.75) is 88.0 Å². The number of aromatic hydroxyl groups is 1. The van der Waals surface area contributed by atoms with E-state index in [1.807, 2.05) is 20.8 Å². The number of rotatable bonds is 11. The van der Waals surface area contributed by atoms with Crippen LogP contribution in [-0.2, 0) is 30.2 Å². The largest absolute Gasteiger partial charge is 0.508 e. The maximum Gasteiger partial charge on any atom is 0.407 e. The summed E-state index contributed by atoms with van der Waals surface area (Å²) in [6, 6.07) is 6.72. The molecular weight excluding hydrogens is 492 g/mol. The molecule has 2 saturated heterocycles. The van der Waals surface area contributed by atoms with Gasteiger partial charge in [-0.1, -0.05) is 23.8 Å². The zero-order valence-electron chi connectivity index (χ0n) is 22.6. The number of nitrogens with one attached hydrogen (secondary N) is 2. The van der Waals surface area contributed by atoms with Gasteiger partial charge < -0.3 is 39.8 Å². The second-order valence-electron chi connectivity index (χ2n) is 10.9. The number of amides is 2. The van der Waals surface area contributed by atoms with Crippen molar-refractivity contribution in [1.29, 1.82) is 0 Å². The average Bonchev–Trinajstić information content (AvgIpc) is 3.80. The number of epoxide rings is 2. The molecule has 10 heteroatoms. The first-order valence-electron chi connectivity index (χ1n) is 13.2. The second kappa shape index (κ2) is 11.2. The van der Waals surface area contributed by atoms with Gasteiger partial charge in [0.2, 0.25) is 5.91 Å². The van der Waals surface area contributed by atoms with Crippen LogP contribution in [0.3, 0.4) is 0 Å². The zero-order valence-corrected chi connectivity index (χ0v) is 22.6. The van der Waals surface area contributed by atoms with Gasteiger partial charge >= 0.3 is 6.09 Å². The Bertz CT molecular complexity index is 1040. The Labute approximate surface area is 223 Å². The van der Waals surface area contributed by atoms with Crippen LogP contribution in [-0.4, -0.2) is 84.1 Å². The fourth-order valence-electron chi connectivity index (χ4n) is 5.64. The van der Waals surface area contributed by atoms with Crippen LogP contribution >= 0.6 is 0 Å². The number of carbonyl (C=O) groups is 2. The minimum atomic E-state index is -1.48. The zero-order chi connectivity index (χ0) is 27.6. The summed E-state index contributed by atoms with van der Waals surface area (Å²) in [7, 11) is 1.50. The van der Waals surface area contributed by atoms with E-state index in [2.05, 4.69) is 16.7 Å². The van der Waals surface area contributed by atoms with Crippen LogP contribution in [0.25, 0.3) is 0 Å². The lowest BCUT2D eigenvalue weighted by molar-refractivity contribution is -0.223. The molecule has 0 unspecified atom stereocenters. The van der Waals surface area contributed by atoms with Crippen molar-refractivity contribution in [2.24, 2.45) is 0 Å². The van der Waals surface area contributed by atoms with Gasteiger partial charge in [-0.15, -0.1) is 0 Å². The molecule has 1 saturated carbocycles. The van der Waals surface area contributed by atoms with Crippen LogP contribution in [0.15, 0.2) is 35.9 Å². The molecule has 0 radical (unpaired) electrons. The van der Waals surface area contributed by atoms with Gasteiger partial charge in [0.15, 0.2) is 5.60 Å². The van der Waals surface area contributed by atoms with Gasteiger partial charge in [-0.25, -0.2) is 4.79 Å². The first-order valence-corrected chi connectivity index (χ1v) is 13.2. The molecular formula is C28H40N2O8. The van der Waals surface area contributed by atoms with Crippen molar-refractivity contribution in [3.8, 4) is 5.75 Å². The first kappa shape index (κ1) is 28.4. The fourth-order valence-corrected chi connectivity index (χ4v) is 5.64. The third kappa shape index (κ3) is 5.68. The van der Waals surface area contributed by atoms with Gasteiger partial charge in [0.25, 0.3) is 0 Å². The van der Waals surface area contributed by atoms with Crippen LogP contribution in [0.2, 0.25) is 0 Å². The topological polar surface area (TPSA) is 142 Å². The van der Waals surface area contributed by atoms with E-state index in [9.17, 15) is 19.8 Å². The molecule has 0 bridgehead atoms. The minimum Gasteiger partial charge on any atom is -0.508 e. The van der Waals surface area contributed by atoms with Crippen LogP contribution in [0.5, 0.6) is 5.75 Å². The van der Waals surface area contributed by atoms with Crippen molar-refractivity contribution < 1.29 is 38.7 Å². The molecule has 6 atom stereocenters. The smallest absolute Gasteiger partial charge is 0.407 e. The van der Waals surface area contributed by atoms with Crippen molar-refractivity contribution in [1.82, 2.24) is 10.6 Å². The van der Waals surface area contributed by atoms with Crippen molar-refractivity contribution >= 4 is 12.0 Å². The number of aryl methyl sites for hydroxylation is 1. The summed E-state index contributed by atoms with van der Waals surface area (Å²) < 4.78 is 23.3. The summed E-state index contributed by atoms with van der Waals surface area (Å²) >= 11 is 0. The van der Waals surface area contributed by atoms with Crippen LogP contribution in [0.4, 0.5) is 4.79 Å². The number of alkyl carbamates (subject to hydrolysis) is 1. The van der Waals surface area contributed by atoms with Crippen LogP contribution < -0.4 is 10.6 Å². The van der Waals surface area contributed by atoms with Gasteiger partial charge in [-0.05, 0) is 64.2 Å². The van der Waals surface area contributed by atoms with Gasteiger partial charge in [-0.3, -0.25) is 4.79 Å². The van der Waals surface area contributed by atoms with Gasteiger partial charge in [0, 0.05) is 26.6 Å². The maximum atomic E-state index is 12.6. The molecule has 1 aromatic rings. The third-order valence-corrected chi connectivity index (χ3v) is 8.02. The second-order valence-corrected chi connectivity index (χ2v) is 10.9. The fraction of sp³-hybridized carbons (Fsp3) is 0.643. The summed E-state index contributed by atoms with van der Waals surface area (Å²) in [6.07, 6.45) is 2.25. The van der Waals surface area contributed by atoms with E-state index in [4.69, 9.17) is 18.9 Å². The molecule has 210 valence electrons. The number of phenols is 1. The summed E-state index contributed by atoms with van der Waals surface area (Å²) in [5.41, 5.74) is -1.02. The highest BCUT2D eigenvalue weighted by atomic mass is 16.7. The van der Waals surface area contributed by atoms with E-state index in [0.29, 0.717) is 38.7 Å². The molecule has 1 aromatic carbocycles. The molecule has 38 heavy (non-hydrogen) atoms. The average molecular weight is 533 g/mol. The summed E-state index contributed by atoms with van der Waals surface area (Å²) in [4.78, 5) is 24.7. The Morgan fingerprint density at radius 1 is 1.18 bits per heavy atom. The summed E-state index contributed by atoms with van der Waals surface area (Å²) in [5.74, 6) is 0.0464. The minimum absolute atomic E-state index is 0.139. The highest BCUT2D eigenvalue weighted by Gasteiger charge is 2.81. The SMILES string of the molecule is CO[C@@H]1[C@H](OC(=O)NCCNC(=O)CCc2ccc(O)cc2)CC[C@]2(CO2)[C@@]1(O)[C@]1(C)O[C@@H]1CC=C(C)C. The molecule has 1 aliphatic carbocycles. The van der Waals surface area contributed by atoms with Gasteiger partial charge in [0.1, 0.15) is 29.2 Å². The molecule has 3 fully saturated rings. The molecule has 4 N–H and O–H groups in total. The lowest BCUT2D eigenvalue weighted by atomic mass is 9.64. The Morgan fingerprint density at radius 3 is 2.50 bits per heavy atom. The number of hydrogen-bond acceptors (Lipinski definition) is 8. The number of methoxy groups -OCH3 is 1. The summed E-state index contributed by atoms with van der Waals surface area (Å²) in [5, 5.41) is 26.9. The highest BCUT2D eigenvalue weighted by molar-refractivity contribution is 5.76. The Morgan fingerprint density at radius 2 is 1.87 bits per heavy atom. The maximum absolute atomic E-state index is 12.6. The van der Waals surface area contributed by atoms with Crippen LogP contribution in [0.1, 0.15) is 52.0 Å². The third-order valence-electron chi connectivity index (χ3n) is 8.02. The van der Waals surface area contributed by atoms with Crippen molar-refractivity contribution in [3.05, 3.63) is 41.5 Å². The quantitative estimate of drug-likeness (QED) is 0.193. The first-order chi connectivity index (χ1) is 18.0. The summed E-state index contributed by atoms with van der Waals surface area (Å²) in [6.45, 7) is 6.76. The highest BCUT2D eigenvalue weighted by Crippen LogP contribution is 2.62. The lowest BCUT2D eigenvalue weighted by Gasteiger charge is -2.49. The number of benzene rings is 1. The van der Waals surface area contributed by atoms with Gasteiger partial charge in [0.05, 0.1) is 12.7 Å². The van der Waals surface area contributed by atoms with Crippen molar-refractivity contribution in [2.75, 3.05) is 26.8 Å². The number of phenolic OH excluding ortho intramolecular Hbond substituents is 1. The predicted octanol–water partition coefficient (Wildman–Crippen LogP) is 2.36. The number of ether oxygens (including phenoxy) is 4. The number of aliphatic hydroxyl groups is 1. The number of hydrogen-bond donors (Lipinski definition) is 4. The van der Waals surface area contributed by atoms with E-state index in [1.54, 1.807) is 24.3 Å². The molecule has 2 heterocycles.